The smallest absolute Gasteiger partial charge is 0.307 e. The van der Waals surface area contributed by atoms with Gasteiger partial charge in [0.2, 0.25) is 11.8 Å². The Morgan fingerprint density at radius 1 is 1.19 bits per heavy atom. The monoisotopic (exact) mass is 479 g/mol. The van der Waals surface area contributed by atoms with E-state index in [1.165, 1.54) is 13.3 Å². The molecule has 1 aromatic heterocycles. The fraction of sp³-hybridized carbons (Fsp3) is 0.200. The van der Waals surface area contributed by atoms with E-state index >= 15 is 0 Å². The summed E-state index contributed by atoms with van der Waals surface area (Å²) in [5, 5.41) is 17.8. The van der Waals surface area contributed by atoms with Gasteiger partial charge in [-0.3, -0.25) is 10.1 Å². The molecule has 0 amide bonds. The minimum atomic E-state index is -2.61. The third kappa shape index (κ3) is 5.15. The molecule has 0 unspecified atom stereocenters. The van der Waals surface area contributed by atoms with Crippen LogP contribution < -0.4 is 20.7 Å². The number of anilines is 4. The van der Waals surface area contributed by atoms with Gasteiger partial charge >= 0.3 is 5.69 Å². The highest BCUT2D eigenvalue weighted by Crippen LogP contribution is 2.39. The molecule has 3 rings (SSSR count). The molecule has 0 spiro atoms. The standard InChI is InChI=1S/C20H20ClFN5O4P/c1-11-5-6-14(18(7-11)32(3,4)30)24-19-12(21)10-23-20(26-19)25-15-9-16(27(28)29)13(22)8-17(15)31-2/h5-10H,1-4H3,(H2,23,24,25,26). The van der Waals surface area contributed by atoms with Crippen LogP contribution in [0.2, 0.25) is 5.02 Å². The maximum absolute atomic E-state index is 13.9. The van der Waals surface area contributed by atoms with Crippen molar-refractivity contribution < 1.29 is 18.6 Å². The van der Waals surface area contributed by atoms with Crippen molar-refractivity contribution in [2.24, 2.45) is 0 Å². The normalized spacial score (nSPS) is 11.2. The third-order valence-corrected chi connectivity index (χ3v) is 6.25. The summed E-state index contributed by atoms with van der Waals surface area (Å²) >= 11 is 6.25. The Balaban J connectivity index is 1.99. The van der Waals surface area contributed by atoms with Gasteiger partial charge in [-0.1, -0.05) is 23.2 Å². The van der Waals surface area contributed by atoms with Gasteiger partial charge in [-0.25, -0.2) is 4.98 Å². The number of rotatable bonds is 7. The van der Waals surface area contributed by atoms with Gasteiger partial charge in [-0.2, -0.15) is 9.37 Å². The second-order valence-electron chi connectivity index (χ2n) is 7.27. The summed E-state index contributed by atoms with van der Waals surface area (Å²) in [5.74, 6) is -0.758. The number of hydrogen-bond donors (Lipinski definition) is 2. The van der Waals surface area contributed by atoms with Crippen molar-refractivity contribution in [3.63, 3.8) is 0 Å². The first-order valence-corrected chi connectivity index (χ1v) is 12.2. The van der Waals surface area contributed by atoms with Gasteiger partial charge in [-0.15, -0.1) is 0 Å². The van der Waals surface area contributed by atoms with E-state index in [1.807, 2.05) is 19.1 Å². The van der Waals surface area contributed by atoms with Gasteiger partial charge in [0.15, 0.2) is 5.82 Å². The number of halogens is 2. The summed E-state index contributed by atoms with van der Waals surface area (Å²) in [4.78, 5) is 18.6. The zero-order valence-corrected chi connectivity index (χ0v) is 19.3. The number of nitro groups is 1. The van der Waals surface area contributed by atoms with Crippen LogP contribution >= 0.6 is 18.7 Å². The predicted octanol–water partition coefficient (Wildman–Crippen LogP) is 5.23. The van der Waals surface area contributed by atoms with Crippen LogP contribution in [0.5, 0.6) is 5.75 Å². The summed E-state index contributed by atoms with van der Waals surface area (Å²) in [5.41, 5.74) is 0.893. The summed E-state index contributed by atoms with van der Waals surface area (Å²) < 4.78 is 31.7. The third-order valence-electron chi connectivity index (χ3n) is 4.44. The lowest BCUT2D eigenvalue weighted by atomic mass is 10.2. The van der Waals surface area contributed by atoms with Gasteiger partial charge < -0.3 is 19.9 Å². The van der Waals surface area contributed by atoms with E-state index in [4.69, 9.17) is 16.3 Å². The van der Waals surface area contributed by atoms with Crippen LogP contribution in [0.15, 0.2) is 36.5 Å². The number of aryl methyl sites for hydroxylation is 1. The Hall–Kier alpha value is -3.23. The maximum atomic E-state index is 13.9. The fourth-order valence-electron chi connectivity index (χ4n) is 2.91. The van der Waals surface area contributed by atoms with Gasteiger partial charge in [0, 0.05) is 17.4 Å². The number of nitrogens with one attached hydrogen (secondary N) is 2. The zero-order chi connectivity index (χ0) is 23.6. The number of hydrogen-bond acceptors (Lipinski definition) is 8. The summed E-state index contributed by atoms with van der Waals surface area (Å²) in [6.45, 7) is 5.22. The molecule has 0 radical (unpaired) electrons. The number of ether oxygens (including phenoxy) is 1. The van der Waals surface area contributed by atoms with Crippen molar-refractivity contribution in [3.05, 3.63) is 63.0 Å². The molecule has 168 valence electrons. The number of nitro benzene ring substituents is 1. The predicted molar refractivity (Wildman–Crippen MR) is 123 cm³/mol. The van der Waals surface area contributed by atoms with E-state index < -0.39 is 23.6 Å². The highest BCUT2D eigenvalue weighted by molar-refractivity contribution is 7.70. The SMILES string of the molecule is COc1cc(F)c([N+](=O)[O-])cc1Nc1ncc(Cl)c(Nc2ccc(C)cc2P(C)(C)=O)n1. The molecule has 0 fully saturated rings. The molecule has 0 bridgehead atoms. The molecule has 0 atom stereocenters. The van der Waals surface area contributed by atoms with Crippen LogP contribution in [0, 0.1) is 22.9 Å². The van der Waals surface area contributed by atoms with Crippen LogP contribution in [-0.2, 0) is 4.57 Å². The Bertz CT molecular complexity index is 1250. The quantitative estimate of drug-likeness (QED) is 0.268. The molecular formula is C20H20ClFN5O4P. The van der Waals surface area contributed by atoms with E-state index in [9.17, 15) is 19.1 Å². The lowest BCUT2D eigenvalue weighted by molar-refractivity contribution is -0.387. The van der Waals surface area contributed by atoms with Crippen molar-refractivity contribution in [1.29, 1.82) is 0 Å². The second-order valence-corrected chi connectivity index (χ2v) is 10.9. The Kier molecular flexibility index (Phi) is 6.66. The van der Waals surface area contributed by atoms with Gasteiger partial charge in [0.25, 0.3) is 0 Å². The van der Waals surface area contributed by atoms with Gasteiger partial charge in [-0.05, 0) is 32.4 Å². The van der Waals surface area contributed by atoms with Crippen LogP contribution in [0.25, 0.3) is 0 Å². The van der Waals surface area contributed by atoms with Crippen molar-refractivity contribution in [2.75, 3.05) is 31.1 Å². The topological polar surface area (TPSA) is 119 Å². The fourth-order valence-corrected chi connectivity index (χ4v) is 4.27. The lowest BCUT2D eigenvalue weighted by Crippen LogP contribution is -2.12. The van der Waals surface area contributed by atoms with Crippen LogP contribution in [-0.4, -0.2) is 35.3 Å². The largest absolute Gasteiger partial charge is 0.494 e. The van der Waals surface area contributed by atoms with Gasteiger partial charge in [0.1, 0.15) is 17.9 Å². The lowest BCUT2D eigenvalue weighted by Gasteiger charge is -2.17. The molecule has 3 aromatic rings. The van der Waals surface area contributed by atoms with Crippen LogP contribution in [0.4, 0.5) is 33.2 Å². The first-order chi connectivity index (χ1) is 15.0. The first kappa shape index (κ1) is 23.4. The first-order valence-electron chi connectivity index (χ1n) is 9.24. The van der Waals surface area contributed by atoms with Crippen LogP contribution in [0.1, 0.15) is 5.56 Å². The number of aromatic nitrogens is 2. The van der Waals surface area contributed by atoms with E-state index in [-0.39, 0.29) is 28.2 Å². The molecule has 2 aromatic carbocycles. The molecule has 0 saturated carbocycles. The summed E-state index contributed by atoms with van der Waals surface area (Å²) in [6.07, 6.45) is 1.33. The number of benzene rings is 2. The Morgan fingerprint density at radius 2 is 1.91 bits per heavy atom. The molecular weight excluding hydrogens is 460 g/mol. The van der Waals surface area contributed by atoms with E-state index in [0.717, 1.165) is 17.7 Å². The molecule has 9 nitrogen and oxygen atoms in total. The molecule has 12 heteroatoms. The molecule has 0 saturated heterocycles. The van der Waals surface area contributed by atoms with Gasteiger partial charge in [0.05, 0.1) is 29.6 Å². The molecule has 2 N–H and O–H groups in total. The molecule has 0 aliphatic heterocycles. The minimum absolute atomic E-state index is 0.0277. The van der Waals surface area contributed by atoms with Crippen molar-refractivity contribution in [3.8, 4) is 5.75 Å². The van der Waals surface area contributed by atoms with E-state index in [2.05, 4.69) is 20.6 Å². The highest BCUT2D eigenvalue weighted by atomic mass is 35.5. The molecule has 1 heterocycles. The van der Waals surface area contributed by atoms with Crippen molar-refractivity contribution >= 4 is 52.9 Å². The molecule has 0 aliphatic carbocycles. The van der Waals surface area contributed by atoms with Crippen molar-refractivity contribution in [1.82, 2.24) is 9.97 Å². The number of nitrogens with zero attached hydrogens (tertiary/aromatic N) is 3. The minimum Gasteiger partial charge on any atom is -0.494 e. The average Bonchev–Trinajstić information content (AvgIpc) is 2.71. The average molecular weight is 480 g/mol. The Labute approximate surface area is 188 Å². The Morgan fingerprint density at radius 3 is 2.53 bits per heavy atom. The van der Waals surface area contributed by atoms with Crippen molar-refractivity contribution in [2.45, 2.75) is 6.92 Å². The molecule has 32 heavy (non-hydrogen) atoms. The second kappa shape index (κ2) is 9.10. The van der Waals surface area contributed by atoms with Crippen LogP contribution in [0.3, 0.4) is 0 Å². The summed E-state index contributed by atoms with van der Waals surface area (Å²) in [6, 6.07) is 7.36. The van der Waals surface area contributed by atoms with E-state index in [0.29, 0.717) is 11.0 Å². The highest BCUT2D eigenvalue weighted by Gasteiger charge is 2.21. The molecule has 0 aliphatic rings. The number of methoxy groups -OCH3 is 1. The summed E-state index contributed by atoms with van der Waals surface area (Å²) in [7, 11) is -1.31. The van der Waals surface area contributed by atoms with E-state index in [1.54, 1.807) is 19.4 Å². The maximum Gasteiger partial charge on any atom is 0.307 e. The zero-order valence-electron chi connectivity index (χ0n) is 17.6.